The van der Waals surface area contributed by atoms with E-state index in [1.807, 2.05) is 0 Å². The predicted octanol–water partition coefficient (Wildman–Crippen LogP) is -0.938. The number of carbonyl (C=O) groups is 1. The predicted molar refractivity (Wildman–Crippen MR) is 29.9 cm³/mol. The molecule has 0 unspecified atom stereocenters. The molecule has 0 aromatic heterocycles. The van der Waals surface area contributed by atoms with Crippen LogP contribution in [0.15, 0.2) is 0 Å². The molecule has 0 aromatic rings. The van der Waals surface area contributed by atoms with Gasteiger partial charge in [-0.25, -0.2) is 0 Å². The summed E-state index contributed by atoms with van der Waals surface area (Å²) < 4.78 is 47.5. The van der Waals surface area contributed by atoms with E-state index in [-0.39, 0.29) is 0 Å². The normalized spacial score (nSPS) is 27.6. The molecule has 0 aliphatic carbocycles. The highest BCUT2D eigenvalue weighted by atomic mass is 16.4. The molecule has 0 aromatic carbocycles. The fourth-order valence-corrected chi connectivity index (χ4v) is 0.121. The molecule has 54 valence electrons. The Kier molecular flexibility index (Phi) is 0.687. The van der Waals surface area contributed by atoms with Gasteiger partial charge in [0, 0.05) is 4.11 Å². The van der Waals surface area contributed by atoms with Crippen molar-refractivity contribution >= 4 is 5.97 Å². The summed E-state index contributed by atoms with van der Waals surface area (Å²) in [6.45, 7) is -11.8. The maximum atomic E-state index is 10.8. The summed E-state index contributed by atoms with van der Waals surface area (Å²) >= 11 is 0. The van der Waals surface area contributed by atoms with Crippen molar-refractivity contribution in [2.75, 3.05) is 13.1 Å². The molecule has 4 nitrogen and oxygen atoms in total. The Morgan fingerprint density at radius 1 is 1.78 bits per heavy atom. The summed E-state index contributed by atoms with van der Waals surface area (Å²) in [5.41, 5.74) is -3.99. The van der Waals surface area contributed by atoms with Crippen LogP contribution in [0.2, 0.25) is 0 Å². The first-order chi connectivity index (χ1) is 6.69. The SMILES string of the molecule is [2H]C([2H])([2H])C(C(=O)O)(C([2H])([2H])O)C([2H])([2H])O. The second kappa shape index (κ2) is 2.80. The minimum atomic E-state index is -3.99. The zero-order valence-corrected chi connectivity index (χ0v) is 4.25. The molecule has 0 spiro atoms. The molecule has 0 rings (SSSR count). The number of aliphatic carboxylic acids is 1. The van der Waals surface area contributed by atoms with Crippen molar-refractivity contribution in [2.24, 2.45) is 5.41 Å². The van der Waals surface area contributed by atoms with E-state index >= 15 is 0 Å². The van der Waals surface area contributed by atoms with Gasteiger partial charge in [-0.3, -0.25) is 4.79 Å². The lowest BCUT2D eigenvalue weighted by Crippen LogP contribution is -2.35. The monoisotopic (exact) mass is 141 g/mol. The Labute approximate surface area is 62.6 Å². The van der Waals surface area contributed by atoms with Gasteiger partial charge in [-0.05, 0) is 6.85 Å². The first-order valence-corrected chi connectivity index (χ1v) is 1.87. The molecule has 0 saturated heterocycles. The van der Waals surface area contributed by atoms with Crippen molar-refractivity contribution in [1.29, 1.82) is 0 Å². The summed E-state index contributed by atoms with van der Waals surface area (Å²) in [5, 5.41) is 26.6. The van der Waals surface area contributed by atoms with E-state index in [2.05, 4.69) is 0 Å². The maximum Gasteiger partial charge on any atom is 0.314 e. The van der Waals surface area contributed by atoms with Crippen LogP contribution in [0.25, 0.3) is 0 Å². The molecular formula is C5H10O4. The smallest absolute Gasteiger partial charge is 0.314 e. The molecule has 0 atom stereocenters. The van der Waals surface area contributed by atoms with Crippen LogP contribution in [-0.4, -0.2) is 34.4 Å². The summed E-state index contributed by atoms with van der Waals surface area (Å²) in [7, 11) is 0. The average molecular weight is 141 g/mol. The molecule has 0 amide bonds. The maximum absolute atomic E-state index is 10.8. The Bertz CT molecular complexity index is 249. The quantitative estimate of drug-likeness (QED) is 0.474. The largest absolute Gasteiger partial charge is 0.481 e. The van der Waals surface area contributed by atoms with Crippen LogP contribution in [0.1, 0.15) is 16.4 Å². The van der Waals surface area contributed by atoms with Crippen molar-refractivity contribution in [3.05, 3.63) is 0 Å². The van der Waals surface area contributed by atoms with E-state index in [4.69, 9.17) is 24.9 Å². The Hall–Kier alpha value is -0.610. The third-order valence-corrected chi connectivity index (χ3v) is 0.656. The fourth-order valence-electron chi connectivity index (χ4n) is 0.121. The van der Waals surface area contributed by atoms with Crippen molar-refractivity contribution < 1.29 is 29.7 Å². The molecule has 0 saturated carbocycles. The molecule has 0 bridgehead atoms. The molecular weight excluding hydrogens is 124 g/mol. The van der Waals surface area contributed by atoms with Crippen LogP contribution in [0.5, 0.6) is 0 Å². The molecule has 3 N–H and O–H groups in total. The van der Waals surface area contributed by atoms with E-state index in [0.29, 0.717) is 0 Å². The first-order valence-electron chi connectivity index (χ1n) is 5.37. The van der Waals surface area contributed by atoms with E-state index < -0.39 is 31.4 Å². The molecule has 0 aliphatic rings. The lowest BCUT2D eigenvalue weighted by atomic mass is 9.94. The zero-order valence-electron chi connectivity index (χ0n) is 11.2. The third-order valence-electron chi connectivity index (χ3n) is 0.656. The summed E-state index contributed by atoms with van der Waals surface area (Å²) in [4.78, 5) is 10.8. The molecule has 9 heavy (non-hydrogen) atoms. The van der Waals surface area contributed by atoms with Crippen LogP contribution in [0.4, 0.5) is 0 Å². The van der Waals surface area contributed by atoms with Gasteiger partial charge in [0.2, 0.25) is 0 Å². The standard InChI is InChI=1S/C5H10O4/c1-5(2-6,3-7)4(8)9/h6-7H,2-3H2,1H3,(H,8,9)/i1D3,2D2,3D2. The molecule has 0 fully saturated rings. The van der Waals surface area contributed by atoms with Gasteiger partial charge in [0.1, 0.15) is 5.41 Å². The van der Waals surface area contributed by atoms with Crippen LogP contribution < -0.4 is 0 Å². The number of hydrogen-bond acceptors (Lipinski definition) is 3. The number of rotatable bonds is 3. The van der Waals surface area contributed by atoms with Crippen LogP contribution in [0.3, 0.4) is 0 Å². The topological polar surface area (TPSA) is 77.8 Å². The summed E-state index contributed by atoms with van der Waals surface area (Å²) in [5.74, 6) is -2.51. The van der Waals surface area contributed by atoms with E-state index in [9.17, 15) is 4.79 Å². The Morgan fingerprint density at radius 2 is 2.22 bits per heavy atom. The second-order valence-electron chi connectivity index (χ2n) is 1.28. The second-order valence-corrected chi connectivity index (χ2v) is 1.28. The minimum absolute atomic E-state index is 2.51. The van der Waals surface area contributed by atoms with Crippen molar-refractivity contribution in [1.82, 2.24) is 0 Å². The van der Waals surface area contributed by atoms with Crippen LogP contribution in [-0.2, 0) is 4.79 Å². The van der Waals surface area contributed by atoms with Gasteiger partial charge in [0.05, 0.1) is 18.6 Å². The third kappa shape index (κ3) is 1.65. The number of carboxylic acids is 1. The van der Waals surface area contributed by atoms with Gasteiger partial charge in [0.15, 0.2) is 0 Å². The molecule has 0 radical (unpaired) electrons. The van der Waals surface area contributed by atoms with Crippen LogP contribution >= 0.6 is 0 Å². The molecule has 4 heteroatoms. The van der Waals surface area contributed by atoms with Gasteiger partial charge < -0.3 is 15.3 Å². The number of aliphatic hydroxyl groups is 2. The highest BCUT2D eigenvalue weighted by molar-refractivity contribution is 5.74. The van der Waals surface area contributed by atoms with Crippen molar-refractivity contribution in [3.63, 3.8) is 0 Å². The van der Waals surface area contributed by atoms with Gasteiger partial charge in [-0.1, -0.05) is 0 Å². The van der Waals surface area contributed by atoms with Crippen LogP contribution in [0, 0.1) is 5.41 Å². The van der Waals surface area contributed by atoms with Gasteiger partial charge in [0.25, 0.3) is 0 Å². The average Bonchev–Trinajstić information content (AvgIpc) is 1.71. The Morgan fingerprint density at radius 3 is 2.22 bits per heavy atom. The lowest BCUT2D eigenvalue weighted by molar-refractivity contribution is -0.152. The highest BCUT2D eigenvalue weighted by Gasteiger charge is 2.31. The van der Waals surface area contributed by atoms with Crippen molar-refractivity contribution in [2.45, 2.75) is 6.85 Å². The van der Waals surface area contributed by atoms with Gasteiger partial charge in [-0.15, -0.1) is 0 Å². The van der Waals surface area contributed by atoms with E-state index in [1.165, 1.54) is 0 Å². The zero-order chi connectivity index (χ0) is 13.6. The summed E-state index contributed by atoms with van der Waals surface area (Å²) in [6.07, 6.45) is 0. The van der Waals surface area contributed by atoms with Crippen molar-refractivity contribution in [3.8, 4) is 0 Å². The van der Waals surface area contributed by atoms with Gasteiger partial charge >= 0.3 is 5.97 Å². The van der Waals surface area contributed by atoms with Gasteiger partial charge in [-0.2, -0.15) is 0 Å². The Balaban J connectivity index is 6.17. The number of hydrogen-bond donors (Lipinski definition) is 3. The van der Waals surface area contributed by atoms with E-state index in [0.717, 1.165) is 0 Å². The highest BCUT2D eigenvalue weighted by Crippen LogP contribution is 2.12. The van der Waals surface area contributed by atoms with E-state index in [1.54, 1.807) is 0 Å². The molecule has 0 heterocycles. The first kappa shape index (κ1) is 2.21. The minimum Gasteiger partial charge on any atom is -0.481 e. The number of carboxylic acid groups (broad SMARTS) is 1. The summed E-state index contributed by atoms with van der Waals surface area (Å²) in [6, 6.07) is 0. The molecule has 0 aliphatic heterocycles. The lowest BCUT2D eigenvalue weighted by Gasteiger charge is -2.17. The fraction of sp³-hybridized carbons (Fsp3) is 0.800.